The van der Waals surface area contributed by atoms with E-state index in [1.165, 1.54) is 29.7 Å². The Hall–Kier alpha value is -2.69. The van der Waals surface area contributed by atoms with E-state index in [2.05, 4.69) is 49.1 Å². The summed E-state index contributed by atoms with van der Waals surface area (Å²) in [4.78, 5) is 13.8. The number of nitrogens with one attached hydrogen (secondary N) is 1. The number of benzene rings is 1. The molecule has 0 aliphatic heterocycles. The van der Waals surface area contributed by atoms with E-state index >= 15 is 0 Å². The van der Waals surface area contributed by atoms with Crippen LogP contribution in [0.25, 0.3) is 0 Å². The Labute approximate surface area is 148 Å². The van der Waals surface area contributed by atoms with Crippen LogP contribution >= 0.6 is 0 Å². The van der Waals surface area contributed by atoms with Crippen LogP contribution in [0.3, 0.4) is 0 Å². The number of rotatable bonds is 5. The van der Waals surface area contributed by atoms with E-state index in [1.54, 1.807) is 0 Å². The van der Waals surface area contributed by atoms with Crippen LogP contribution in [0, 0.1) is 6.92 Å². The second-order valence-electron chi connectivity index (χ2n) is 6.56. The van der Waals surface area contributed by atoms with Gasteiger partial charge in [-0.2, -0.15) is 0 Å². The van der Waals surface area contributed by atoms with Crippen molar-refractivity contribution in [3.8, 4) is 0 Å². The molecule has 3 aromatic rings. The van der Waals surface area contributed by atoms with Gasteiger partial charge >= 0.3 is 0 Å². The Balaban J connectivity index is 1.51. The van der Waals surface area contributed by atoms with Crippen LogP contribution in [-0.2, 0) is 25.9 Å². The summed E-state index contributed by atoms with van der Waals surface area (Å²) < 4.78 is 2.18. The summed E-state index contributed by atoms with van der Waals surface area (Å²) in [6.07, 6.45) is 8.47. The molecule has 0 fully saturated rings. The van der Waals surface area contributed by atoms with Crippen LogP contribution in [0.4, 0.5) is 5.82 Å². The summed E-state index contributed by atoms with van der Waals surface area (Å²) in [6, 6.07) is 10.5. The third-order valence-corrected chi connectivity index (χ3v) is 4.71. The maximum absolute atomic E-state index is 4.64. The van der Waals surface area contributed by atoms with Gasteiger partial charge in [0.25, 0.3) is 0 Å². The van der Waals surface area contributed by atoms with Gasteiger partial charge in [0.15, 0.2) is 0 Å². The van der Waals surface area contributed by atoms with E-state index in [0.717, 1.165) is 36.9 Å². The minimum absolute atomic E-state index is 0.669. The number of anilines is 1. The quantitative estimate of drug-likeness (QED) is 0.776. The lowest BCUT2D eigenvalue weighted by molar-refractivity contribution is 0.658. The number of fused-ring (bicyclic) bond motifs is 1. The summed E-state index contributed by atoms with van der Waals surface area (Å²) in [7, 11) is 0. The lowest BCUT2D eigenvalue weighted by atomic mass is 9.96. The molecule has 1 N–H and O–H groups in total. The van der Waals surface area contributed by atoms with Crippen LogP contribution in [0.15, 0.2) is 42.7 Å². The molecule has 5 nitrogen and oxygen atoms in total. The lowest BCUT2D eigenvalue weighted by Gasteiger charge is -2.19. The molecule has 2 heterocycles. The van der Waals surface area contributed by atoms with Crippen LogP contribution in [0.1, 0.15) is 41.3 Å². The van der Waals surface area contributed by atoms with Crippen molar-refractivity contribution < 1.29 is 0 Å². The SMILES string of the molecule is Cc1nc2c(c(NCc3nccn3Cc3ccccc3)n1)CCCC2. The summed E-state index contributed by atoms with van der Waals surface area (Å²) in [5.41, 5.74) is 3.78. The van der Waals surface area contributed by atoms with E-state index in [-0.39, 0.29) is 0 Å². The molecule has 4 rings (SSSR count). The molecule has 0 saturated heterocycles. The fourth-order valence-electron chi connectivity index (χ4n) is 3.46. The van der Waals surface area contributed by atoms with Gasteiger partial charge in [-0.05, 0) is 38.2 Å². The molecule has 0 atom stereocenters. The Kier molecular flexibility index (Phi) is 4.46. The van der Waals surface area contributed by atoms with Gasteiger partial charge in [-0.25, -0.2) is 15.0 Å². The largest absolute Gasteiger partial charge is 0.362 e. The summed E-state index contributed by atoms with van der Waals surface area (Å²) in [6.45, 7) is 3.47. The van der Waals surface area contributed by atoms with Gasteiger partial charge in [-0.3, -0.25) is 0 Å². The summed E-state index contributed by atoms with van der Waals surface area (Å²) in [5.74, 6) is 2.84. The standard InChI is InChI=1S/C20H23N5/c1-15-23-18-10-6-5-9-17(18)20(24-15)22-13-19-21-11-12-25(19)14-16-7-3-2-4-8-16/h2-4,7-8,11-12H,5-6,9-10,13-14H2,1H3,(H,22,23,24). The first-order valence-corrected chi connectivity index (χ1v) is 8.94. The molecular weight excluding hydrogens is 310 g/mol. The molecule has 1 aliphatic carbocycles. The van der Waals surface area contributed by atoms with Crippen molar-refractivity contribution in [2.24, 2.45) is 0 Å². The first kappa shape index (κ1) is 15.8. The first-order valence-electron chi connectivity index (χ1n) is 8.94. The first-order chi connectivity index (χ1) is 12.3. The van der Waals surface area contributed by atoms with Crippen molar-refractivity contribution in [1.82, 2.24) is 19.5 Å². The van der Waals surface area contributed by atoms with Gasteiger partial charge < -0.3 is 9.88 Å². The summed E-state index contributed by atoms with van der Waals surface area (Å²) in [5, 5.41) is 3.51. The molecule has 0 bridgehead atoms. The highest BCUT2D eigenvalue weighted by molar-refractivity contribution is 5.47. The van der Waals surface area contributed by atoms with Crippen molar-refractivity contribution in [3.05, 3.63) is 71.2 Å². The number of imidazole rings is 1. The van der Waals surface area contributed by atoms with Crippen molar-refractivity contribution in [3.63, 3.8) is 0 Å². The molecule has 2 aromatic heterocycles. The number of aromatic nitrogens is 4. The molecule has 0 saturated carbocycles. The fraction of sp³-hybridized carbons (Fsp3) is 0.350. The Morgan fingerprint density at radius 1 is 1.08 bits per heavy atom. The molecule has 128 valence electrons. The molecule has 25 heavy (non-hydrogen) atoms. The number of nitrogens with zero attached hydrogens (tertiary/aromatic N) is 4. The van der Waals surface area contributed by atoms with Crippen LogP contribution in [-0.4, -0.2) is 19.5 Å². The van der Waals surface area contributed by atoms with Crippen LogP contribution in [0.5, 0.6) is 0 Å². The van der Waals surface area contributed by atoms with Crippen LogP contribution < -0.4 is 5.32 Å². The highest BCUT2D eigenvalue weighted by atomic mass is 15.1. The smallest absolute Gasteiger partial charge is 0.133 e. The zero-order valence-corrected chi connectivity index (χ0v) is 14.6. The number of hydrogen-bond acceptors (Lipinski definition) is 4. The zero-order valence-electron chi connectivity index (χ0n) is 14.6. The Morgan fingerprint density at radius 2 is 1.92 bits per heavy atom. The third-order valence-electron chi connectivity index (χ3n) is 4.71. The van der Waals surface area contributed by atoms with Gasteiger partial charge in [0, 0.05) is 30.2 Å². The van der Waals surface area contributed by atoms with Gasteiger partial charge in [-0.15, -0.1) is 0 Å². The third kappa shape index (κ3) is 3.55. The number of aryl methyl sites for hydroxylation is 2. The van der Waals surface area contributed by atoms with Crippen molar-refractivity contribution in [1.29, 1.82) is 0 Å². The molecule has 5 heteroatoms. The lowest BCUT2D eigenvalue weighted by Crippen LogP contribution is -2.15. The molecule has 1 aromatic carbocycles. The molecular formula is C20H23N5. The van der Waals surface area contributed by atoms with Gasteiger partial charge in [-0.1, -0.05) is 30.3 Å². The minimum atomic E-state index is 0.669. The van der Waals surface area contributed by atoms with E-state index < -0.39 is 0 Å². The average Bonchev–Trinajstić information content (AvgIpc) is 3.07. The van der Waals surface area contributed by atoms with Crippen molar-refractivity contribution in [2.75, 3.05) is 5.32 Å². The predicted molar refractivity (Wildman–Crippen MR) is 98.5 cm³/mol. The monoisotopic (exact) mass is 333 g/mol. The van der Waals surface area contributed by atoms with E-state index in [4.69, 9.17) is 0 Å². The second-order valence-corrected chi connectivity index (χ2v) is 6.56. The molecule has 0 unspecified atom stereocenters. The Morgan fingerprint density at radius 3 is 2.80 bits per heavy atom. The minimum Gasteiger partial charge on any atom is -0.362 e. The van der Waals surface area contributed by atoms with E-state index in [1.807, 2.05) is 25.4 Å². The second kappa shape index (κ2) is 7.05. The van der Waals surface area contributed by atoms with E-state index in [0.29, 0.717) is 6.54 Å². The maximum atomic E-state index is 4.64. The average molecular weight is 333 g/mol. The normalized spacial score (nSPS) is 13.5. The zero-order chi connectivity index (χ0) is 17.1. The highest BCUT2D eigenvalue weighted by Gasteiger charge is 2.17. The summed E-state index contributed by atoms with van der Waals surface area (Å²) >= 11 is 0. The topological polar surface area (TPSA) is 55.6 Å². The Bertz CT molecular complexity index is 854. The van der Waals surface area contributed by atoms with Gasteiger partial charge in [0.1, 0.15) is 17.5 Å². The predicted octanol–water partition coefficient (Wildman–Crippen LogP) is 3.52. The molecule has 1 aliphatic rings. The fourth-order valence-corrected chi connectivity index (χ4v) is 3.46. The van der Waals surface area contributed by atoms with Gasteiger partial charge in [0.2, 0.25) is 0 Å². The highest BCUT2D eigenvalue weighted by Crippen LogP contribution is 2.25. The molecule has 0 spiro atoms. The number of hydrogen-bond donors (Lipinski definition) is 1. The molecule has 0 radical (unpaired) electrons. The van der Waals surface area contributed by atoms with Gasteiger partial charge in [0.05, 0.1) is 6.54 Å². The van der Waals surface area contributed by atoms with Crippen LogP contribution in [0.2, 0.25) is 0 Å². The van der Waals surface area contributed by atoms with Crippen molar-refractivity contribution in [2.45, 2.75) is 45.7 Å². The van der Waals surface area contributed by atoms with Crippen molar-refractivity contribution >= 4 is 5.82 Å². The maximum Gasteiger partial charge on any atom is 0.133 e. The molecule has 0 amide bonds. The van der Waals surface area contributed by atoms with E-state index in [9.17, 15) is 0 Å².